The molecule has 0 spiro atoms. The number of carbonyl (C=O) groups is 1. The summed E-state index contributed by atoms with van der Waals surface area (Å²) in [6, 6.07) is 16.7. The molecule has 2 aliphatic heterocycles. The first-order chi connectivity index (χ1) is 15.2. The first-order valence-electron chi connectivity index (χ1n) is 11.4. The summed E-state index contributed by atoms with van der Waals surface area (Å²) in [6.45, 7) is 5.06. The van der Waals surface area contributed by atoms with Crippen LogP contribution in [0.4, 0.5) is 0 Å². The molecule has 1 saturated carbocycles. The van der Waals surface area contributed by atoms with Crippen LogP contribution in [0.25, 0.3) is 10.9 Å². The highest BCUT2D eigenvalue weighted by Crippen LogP contribution is 2.40. The number of ether oxygens (including phenoxy) is 1. The second-order valence-corrected chi connectivity index (χ2v) is 8.99. The zero-order valence-electron chi connectivity index (χ0n) is 17.7. The highest BCUT2D eigenvalue weighted by molar-refractivity contribution is 6.06. The van der Waals surface area contributed by atoms with Crippen LogP contribution in [-0.4, -0.2) is 53.5 Å². The van der Waals surface area contributed by atoms with Crippen molar-refractivity contribution in [2.24, 2.45) is 0 Å². The molecule has 0 radical (unpaired) electrons. The molecule has 3 heterocycles. The van der Waals surface area contributed by atoms with E-state index in [1.54, 1.807) is 0 Å². The summed E-state index contributed by atoms with van der Waals surface area (Å²) in [4.78, 5) is 22.8. The largest absolute Gasteiger partial charge is 0.493 e. The number of para-hydroxylation sites is 1. The Morgan fingerprint density at radius 3 is 2.71 bits per heavy atom. The normalized spacial score (nSPS) is 18.8. The molecular formula is C26H27N3O2. The Kier molecular flexibility index (Phi) is 4.64. The van der Waals surface area contributed by atoms with Crippen LogP contribution in [0.1, 0.15) is 45.9 Å². The number of pyridine rings is 1. The van der Waals surface area contributed by atoms with Crippen LogP contribution in [0, 0.1) is 0 Å². The molecule has 3 aliphatic rings. The third kappa shape index (κ3) is 3.68. The van der Waals surface area contributed by atoms with Gasteiger partial charge in [0.25, 0.3) is 5.91 Å². The second-order valence-electron chi connectivity index (χ2n) is 8.99. The van der Waals surface area contributed by atoms with E-state index < -0.39 is 0 Å². The van der Waals surface area contributed by atoms with Crippen molar-refractivity contribution >= 4 is 16.8 Å². The van der Waals surface area contributed by atoms with Crippen LogP contribution >= 0.6 is 0 Å². The van der Waals surface area contributed by atoms with E-state index in [-0.39, 0.29) is 5.91 Å². The van der Waals surface area contributed by atoms with Gasteiger partial charge in [0.05, 0.1) is 17.7 Å². The zero-order valence-corrected chi connectivity index (χ0v) is 17.7. The van der Waals surface area contributed by atoms with Crippen LogP contribution < -0.4 is 4.74 Å². The van der Waals surface area contributed by atoms with Crippen LogP contribution in [0.3, 0.4) is 0 Å². The summed E-state index contributed by atoms with van der Waals surface area (Å²) in [5.74, 6) is 1.72. The Bertz CT molecular complexity index is 1150. The lowest BCUT2D eigenvalue weighted by atomic mass is 10.0. The molecule has 158 valence electrons. The number of benzene rings is 2. The standard InChI is InChI=1S/C26H27N3O2/c30-26(22-16-24(19-6-7-19)27-23-4-2-1-3-21(22)23)29-12-10-28(11-13-29)17-18-5-8-25-20(15-18)9-14-31-25/h1-5,8,15-16,19H,6-7,9-14,17H2. The lowest BCUT2D eigenvalue weighted by molar-refractivity contribution is 0.0630. The van der Waals surface area contributed by atoms with Crippen molar-refractivity contribution in [1.82, 2.24) is 14.8 Å². The molecule has 31 heavy (non-hydrogen) atoms. The Morgan fingerprint density at radius 1 is 1.03 bits per heavy atom. The minimum Gasteiger partial charge on any atom is -0.493 e. The molecule has 5 nitrogen and oxygen atoms in total. The number of fused-ring (bicyclic) bond motifs is 2. The molecule has 1 aliphatic carbocycles. The van der Waals surface area contributed by atoms with Crippen molar-refractivity contribution in [3.8, 4) is 5.75 Å². The predicted molar refractivity (Wildman–Crippen MR) is 121 cm³/mol. The minimum atomic E-state index is 0.148. The third-order valence-electron chi connectivity index (χ3n) is 6.78. The Morgan fingerprint density at radius 2 is 1.87 bits per heavy atom. The van der Waals surface area contributed by atoms with E-state index in [1.165, 1.54) is 24.0 Å². The van der Waals surface area contributed by atoms with E-state index >= 15 is 0 Å². The minimum absolute atomic E-state index is 0.148. The SMILES string of the molecule is O=C(c1cc(C2CC2)nc2ccccc12)N1CCN(Cc2ccc3c(c2)CCO3)CC1. The van der Waals surface area contributed by atoms with Crippen LogP contribution in [0.5, 0.6) is 5.75 Å². The molecule has 2 fully saturated rings. The molecule has 0 atom stereocenters. The number of piperazine rings is 1. The number of hydrogen-bond acceptors (Lipinski definition) is 4. The number of amides is 1. The Balaban J connectivity index is 1.16. The fourth-order valence-electron chi connectivity index (χ4n) is 4.84. The van der Waals surface area contributed by atoms with Gasteiger partial charge in [-0.15, -0.1) is 0 Å². The molecule has 1 aromatic heterocycles. The maximum Gasteiger partial charge on any atom is 0.254 e. The van der Waals surface area contributed by atoms with Crippen molar-refractivity contribution in [1.29, 1.82) is 0 Å². The number of hydrogen-bond donors (Lipinski definition) is 0. The molecule has 1 saturated heterocycles. The van der Waals surface area contributed by atoms with Gasteiger partial charge >= 0.3 is 0 Å². The van der Waals surface area contributed by atoms with Gasteiger partial charge in [0.1, 0.15) is 5.75 Å². The number of rotatable bonds is 4. The van der Waals surface area contributed by atoms with E-state index in [9.17, 15) is 4.79 Å². The highest BCUT2D eigenvalue weighted by Gasteiger charge is 2.29. The predicted octanol–water partition coefficient (Wildman–Crippen LogP) is 4.01. The summed E-state index contributed by atoms with van der Waals surface area (Å²) >= 11 is 0. The fourth-order valence-corrected chi connectivity index (χ4v) is 4.84. The smallest absolute Gasteiger partial charge is 0.254 e. The molecule has 5 heteroatoms. The van der Waals surface area contributed by atoms with Gasteiger partial charge in [-0.05, 0) is 42.2 Å². The summed E-state index contributed by atoms with van der Waals surface area (Å²) in [5.41, 5.74) is 5.50. The van der Waals surface area contributed by atoms with Gasteiger partial charge in [-0.1, -0.05) is 30.3 Å². The molecule has 0 N–H and O–H groups in total. The van der Waals surface area contributed by atoms with Crippen molar-refractivity contribution in [2.45, 2.75) is 31.7 Å². The van der Waals surface area contributed by atoms with Crippen molar-refractivity contribution in [3.05, 3.63) is 70.9 Å². The Labute approximate surface area is 182 Å². The second kappa shape index (κ2) is 7.65. The van der Waals surface area contributed by atoms with Gasteiger partial charge in [-0.3, -0.25) is 14.7 Å². The van der Waals surface area contributed by atoms with Gasteiger partial charge in [0.2, 0.25) is 0 Å². The number of aromatic nitrogens is 1. The Hall–Kier alpha value is -2.92. The number of nitrogens with zero attached hydrogens (tertiary/aromatic N) is 3. The molecule has 2 aromatic carbocycles. The van der Waals surface area contributed by atoms with Crippen LogP contribution in [0.15, 0.2) is 48.5 Å². The van der Waals surface area contributed by atoms with Crippen molar-refractivity contribution in [2.75, 3.05) is 32.8 Å². The van der Waals surface area contributed by atoms with E-state index in [4.69, 9.17) is 9.72 Å². The lowest BCUT2D eigenvalue weighted by Crippen LogP contribution is -2.48. The average molecular weight is 414 g/mol. The average Bonchev–Trinajstić information content (AvgIpc) is 3.56. The van der Waals surface area contributed by atoms with Gasteiger partial charge in [-0.2, -0.15) is 0 Å². The molecule has 1 amide bonds. The first-order valence-corrected chi connectivity index (χ1v) is 11.4. The molecular weight excluding hydrogens is 386 g/mol. The van der Waals surface area contributed by atoms with Crippen molar-refractivity contribution < 1.29 is 9.53 Å². The highest BCUT2D eigenvalue weighted by atomic mass is 16.5. The van der Waals surface area contributed by atoms with Gasteiger partial charge in [0, 0.05) is 56.1 Å². The zero-order chi connectivity index (χ0) is 20.8. The fraction of sp³-hybridized carbons (Fsp3) is 0.385. The summed E-state index contributed by atoms with van der Waals surface area (Å²) in [7, 11) is 0. The monoisotopic (exact) mass is 413 g/mol. The topological polar surface area (TPSA) is 45.7 Å². The van der Waals surface area contributed by atoms with E-state index in [2.05, 4.69) is 29.2 Å². The van der Waals surface area contributed by atoms with Crippen molar-refractivity contribution in [3.63, 3.8) is 0 Å². The van der Waals surface area contributed by atoms with E-state index in [0.717, 1.165) is 73.7 Å². The van der Waals surface area contributed by atoms with Crippen LogP contribution in [-0.2, 0) is 13.0 Å². The third-order valence-corrected chi connectivity index (χ3v) is 6.78. The molecule has 0 bridgehead atoms. The summed E-state index contributed by atoms with van der Waals surface area (Å²) < 4.78 is 5.62. The van der Waals surface area contributed by atoms with E-state index in [1.807, 2.05) is 29.2 Å². The maximum atomic E-state index is 13.5. The summed E-state index contributed by atoms with van der Waals surface area (Å²) in [5, 5.41) is 0.972. The van der Waals surface area contributed by atoms with Gasteiger partial charge < -0.3 is 9.64 Å². The first kappa shape index (κ1) is 18.8. The molecule has 3 aromatic rings. The van der Waals surface area contributed by atoms with Gasteiger partial charge in [0.15, 0.2) is 0 Å². The maximum absolute atomic E-state index is 13.5. The van der Waals surface area contributed by atoms with E-state index in [0.29, 0.717) is 5.92 Å². The quantitative estimate of drug-likeness (QED) is 0.649. The van der Waals surface area contributed by atoms with Gasteiger partial charge in [-0.25, -0.2) is 0 Å². The molecule has 6 rings (SSSR count). The van der Waals surface area contributed by atoms with Crippen LogP contribution in [0.2, 0.25) is 0 Å². The molecule has 0 unspecified atom stereocenters. The summed E-state index contributed by atoms with van der Waals surface area (Å²) in [6.07, 6.45) is 3.38. The lowest BCUT2D eigenvalue weighted by Gasteiger charge is -2.35. The number of carbonyl (C=O) groups excluding carboxylic acids is 1.